The van der Waals surface area contributed by atoms with E-state index in [0.717, 1.165) is 5.56 Å². The monoisotopic (exact) mass is 434 g/mol. The topological polar surface area (TPSA) is 106 Å². The van der Waals surface area contributed by atoms with Crippen LogP contribution in [0.2, 0.25) is 0 Å². The summed E-state index contributed by atoms with van der Waals surface area (Å²) in [6.07, 6.45) is 0. The molecule has 0 spiro atoms. The first-order valence-corrected chi connectivity index (χ1v) is 9.90. The average molecular weight is 434 g/mol. The first-order valence-electron chi connectivity index (χ1n) is 9.90. The predicted molar refractivity (Wildman–Crippen MR) is 120 cm³/mol. The standard InChI is InChI=1S/C24H23FN4O3/c1-16(17-7-3-2-4-8-17)27-24(31)20-9-5-6-10-21(20)28-22(30)15-32-29-23(26)18-11-13-19(25)14-12-18/h2-14,16H,15H2,1H3,(H2,26,29)(H,27,31)(H,28,30). The Balaban J connectivity index is 1.59. The molecule has 8 heteroatoms. The maximum atomic E-state index is 13.0. The molecule has 4 N–H and O–H groups in total. The normalized spacial score (nSPS) is 12.0. The summed E-state index contributed by atoms with van der Waals surface area (Å²) in [6.45, 7) is 1.46. The van der Waals surface area contributed by atoms with Crippen molar-refractivity contribution in [3.63, 3.8) is 0 Å². The fourth-order valence-corrected chi connectivity index (χ4v) is 2.91. The van der Waals surface area contributed by atoms with Crippen LogP contribution in [0.5, 0.6) is 0 Å². The molecule has 0 bridgehead atoms. The first-order chi connectivity index (χ1) is 15.4. The average Bonchev–Trinajstić information content (AvgIpc) is 2.80. The van der Waals surface area contributed by atoms with Crippen LogP contribution in [0, 0.1) is 5.82 Å². The quantitative estimate of drug-likeness (QED) is 0.286. The second-order valence-electron chi connectivity index (χ2n) is 6.96. The molecule has 0 fully saturated rings. The van der Waals surface area contributed by atoms with E-state index in [9.17, 15) is 14.0 Å². The molecule has 32 heavy (non-hydrogen) atoms. The third-order valence-electron chi connectivity index (χ3n) is 4.59. The van der Waals surface area contributed by atoms with Crippen molar-refractivity contribution in [3.05, 3.63) is 101 Å². The highest BCUT2D eigenvalue weighted by Crippen LogP contribution is 2.18. The Labute approximate surface area is 185 Å². The molecule has 164 valence electrons. The Hall–Kier alpha value is -4.20. The minimum absolute atomic E-state index is 0.00692. The summed E-state index contributed by atoms with van der Waals surface area (Å²) in [5.74, 6) is -1.23. The number of nitrogens with one attached hydrogen (secondary N) is 2. The van der Waals surface area contributed by atoms with Crippen molar-refractivity contribution < 1.29 is 18.8 Å². The van der Waals surface area contributed by atoms with E-state index in [0.29, 0.717) is 16.8 Å². The summed E-state index contributed by atoms with van der Waals surface area (Å²) in [6, 6.07) is 21.4. The van der Waals surface area contributed by atoms with E-state index in [1.807, 2.05) is 37.3 Å². The van der Waals surface area contributed by atoms with Gasteiger partial charge in [-0.2, -0.15) is 0 Å². The molecule has 1 unspecified atom stereocenters. The Morgan fingerprint density at radius 3 is 2.38 bits per heavy atom. The van der Waals surface area contributed by atoms with Crippen LogP contribution >= 0.6 is 0 Å². The van der Waals surface area contributed by atoms with E-state index < -0.39 is 18.3 Å². The van der Waals surface area contributed by atoms with E-state index in [1.165, 1.54) is 24.3 Å². The Kier molecular flexibility index (Phi) is 7.53. The lowest BCUT2D eigenvalue weighted by molar-refractivity contribution is -0.120. The number of oxime groups is 1. The summed E-state index contributed by atoms with van der Waals surface area (Å²) in [4.78, 5) is 30.0. The van der Waals surface area contributed by atoms with Crippen molar-refractivity contribution in [2.45, 2.75) is 13.0 Å². The second kappa shape index (κ2) is 10.7. The van der Waals surface area contributed by atoms with Gasteiger partial charge in [-0.25, -0.2) is 4.39 Å². The van der Waals surface area contributed by atoms with Crippen molar-refractivity contribution in [1.82, 2.24) is 5.32 Å². The van der Waals surface area contributed by atoms with Crippen LogP contribution in [0.1, 0.15) is 34.5 Å². The van der Waals surface area contributed by atoms with Gasteiger partial charge in [0, 0.05) is 5.56 Å². The zero-order chi connectivity index (χ0) is 22.9. The van der Waals surface area contributed by atoms with Gasteiger partial charge >= 0.3 is 0 Å². The highest BCUT2D eigenvalue weighted by atomic mass is 19.1. The number of carbonyl (C=O) groups excluding carboxylic acids is 2. The Morgan fingerprint density at radius 1 is 1.00 bits per heavy atom. The van der Waals surface area contributed by atoms with Crippen LogP contribution in [0.4, 0.5) is 10.1 Å². The molecule has 2 amide bonds. The molecular formula is C24H23FN4O3. The van der Waals surface area contributed by atoms with Crippen molar-refractivity contribution >= 4 is 23.3 Å². The van der Waals surface area contributed by atoms with Crippen LogP contribution in [-0.2, 0) is 9.63 Å². The number of nitrogens with two attached hydrogens (primary N) is 1. The van der Waals surface area contributed by atoms with Crippen LogP contribution in [0.3, 0.4) is 0 Å². The SMILES string of the molecule is CC(NC(=O)c1ccccc1NC(=O)CO/N=C(/N)c1ccc(F)cc1)c1ccccc1. The lowest BCUT2D eigenvalue weighted by atomic mass is 10.1. The third-order valence-corrected chi connectivity index (χ3v) is 4.59. The number of rotatable bonds is 8. The van der Waals surface area contributed by atoms with E-state index in [-0.39, 0.29) is 17.8 Å². The molecule has 0 aromatic heterocycles. The highest BCUT2D eigenvalue weighted by Gasteiger charge is 2.16. The number of hydrogen-bond acceptors (Lipinski definition) is 4. The smallest absolute Gasteiger partial charge is 0.265 e. The number of halogens is 1. The molecule has 0 aliphatic carbocycles. The van der Waals surface area contributed by atoms with Crippen LogP contribution < -0.4 is 16.4 Å². The van der Waals surface area contributed by atoms with Crippen molar-refractivity contribution in [3.8, 4) is 0 Å². The Bertz CT molecular complexity index is 1100. The zero-order valence-electron chi connectivity index (χ0n) is 17.4. The molecule has 0 aliphatic rings. The number of para-hydroxylation sites is 1. The molecule has 0 radical (unpaired) electrons. The number of benzene rings is 3. The van der Waals surface area contributed by atoms with Crippen molar-refractivity contribution in [2.75, 3.05) is 11.9 Å². The van der Waals surface area contributed by atoms with E-state index in [2.05, 4.69) is 15.8 Å². The number of hydrogen-bond donors (Lipinski definition) is 3. The van der Waals surface area contributed by atoms with E-state index >= 15 is 0 Å². The summed E-state index contributed by atoms with van der Waals surface area (Å²) < 4.78 is 13.0. The van der Waals surface area contributed by atoms with Gasteiger partial charge < -0.3 is 21.2 Å². The zero-order valence-corrected chi connectivity index (χ0v) is 17.4. The van der Waals surface area contributed by atoms with Gasteiger partial charge in [0.15, 0.2) is 12.4 Å². The summed E-state index contributed by atoms with van der Waals surface area (Å²) >= 11 is 0. The van der Waals surface area contributed by atoms with Gasteiger partial charge in [-0.1, -0.05) is 47.6 Å². The predicted octanol–water partition coefficient (Wildman–Crippen LogP) is 3.59. The number of anilines is 1. The first kappa shape index (κ1) is 22.5. The molecule has 3 aromatic carbocycles. The summed E-state index contributed by atoms with van der Waals surface area (Å²) in [7, 11) is 0. The van der Waals surface area contributed by atoms with E-state index in [1.54, 1.807) is 24.3 Å². The molecule has 3 aromatic rings. The van der Waals surface area contributed by atoms with Crippen LogP contribution in [-0.4, -0.2) is 24.3 Å². The highest BCUT2D eigenvalue weighted by molar-refractivity contribution is 6.04. The summed E-state index contributed by atoms with van der Waals surface area (Å²) in [5.41, 5.74) is 7.84. The van der Waals surface area contributed by atoms with Crippen molar-refractivity contribution in [1.29, 1.82) is 0 Å². The number of amides is 2. The maximum Gasteiger partial charge on any atom is 0.265 e. The molecule has 0 saturated carbocycles. The molecule has 3 rings (SSSR count). The number of amidine groups is 1. The molecule has 0 aliphatic heterocycles. The lowest BCUT2D eigenvalue weighted by Crippen LogP contribution is -2.28. The fraction of sp³-hybridized carbons (Fsp3) is 0.125. The fourth-order valence-electron chi connectivity index (χ4n) is 2.91. The largest absolute Gasteiger partial charge is 0.384 e. The van der Waals surface area contributed by atoms with Gasteiger partial charge in [0.2, 0.25) is 0 Å². The summed E-state index contributed by atoms with van der Waals surface area (Å²) in [5, 5.41) is 9.23. The third kappa shape index (κ3) is 6.15. The van der Waals surface area contributed by atoms with Gasteiger partial charge in [-0.15, -0.1) is 0 Å². The minimum atomic E-state index is -0.517. The van der Waals surface area contributed by atoms with Crippen LogP contribution in [0.25, 0.3) is 0 Å². The maximum absolute atomic E-state index is 13.0. The van der Waals surface area contributed by atoms with E-state index in [4.69, 9.17) is 10.6 Å². The molecule has 0 heterocycles. The van der Waals surface area contributed by atoms with Gasteiger partial charge in [-0.3, -0.25) is 9.59 Å². The van der Waals surface area contributed by atoms with Gasteiger partial charge in [0.1, 0.15) is 5.82 Å². The van der Waals surface area contributed by atoms with Crippen LogP contribution in [0.15, 0.2) is 84.0 Å². The molecular weight excluding hydrogens is 411 g/mol. The van der Waals surface area contributed by atoms with Gasteiger partial charge in [0.05, 0.1) is 17.3 Å². The van der Waals surface area contributed by atoms with Gasteiger partial charge in [-0.05, 0) is 48.9 Å². The van der Waals surface area contributed by atoms with Crippen molar-refractivity contribution in [2.24, 2.45) is 10.9 Å². The molecule has 7 nitrogen and oxygen atoms in total. The van der Waals surface area contributed by atoms with Gasteiger partial charge in [0.25, 0.3) is 11.8 Å². The minimum Gasteiger partial charge on any atom is -0.384 e. The Morgan fingerprint density at radius 2 is 1.66 bits per heavy atom. The number of carbonyl (C=O) groups is 2. The molecule has 1 atom stereocenters. The lowest BCUT2D eigenvalue weighted by Gasteiger charge is -2.16. The second-order valence-corrected chi connectivity index (χ2v) is 6.96. The molecule has 0 saturated heterocycles. The number of nitrogens with zero attached hydrogens (tertiary/aromatic N) is 1.